The molecule has 1 N–H and O–H groups in total. The summed E-state index contributed by atoms with van der Waals surface area (Å²) in [5.74, 6) is 0. The summed E-state index contributed by atoms with van der Waals surface area (Å²) >= 11 is 0. The Bertz CT molecular complexity index is 678. The number of hydrogen-bond donors (Lipinski definition) is 1. The van der Waals surface area contributed by atoms with Gasteiger partial charge in [0.2, 0.25) is 0 Å². The standard InChI is InChI=1S/C23H33O3P/c1-6-7-8-9-14-25-27(24)26-23(21-12-10-17(2)15-19(21)4)22-13-11-18(3)16-20(22)5/h10-13,15-16,23-24H,6-9,14H2,1-5H3. The zero-order chi connectivity index (χ0) is 19.8. The van der Waals surface area contributed by atoms with E-state index in [1.54, 1.807) is 0 Å². The maximum absolute atomic E-state index is 10.4. The van der Waals surface area contributed by atoms with Crippen molar-refractivity contribution in [2.45, 2.75) is 66.4 Å². The number of hydrogen-bond acceptors (Lipinski definition) is 3. The first kappa shape index (κ1) is 22.0. The molecule has 4 heteroatoms. The molecular weight excluding hydrogens is 355 g/mol. The third-order valence-corrected chi connectivity index (χ3v) is 5.61. The van der Waals surface area contributed by atoms with E-state index >= 15 is 0 Å². The van der Waals surface area contributed by atoms with Crippen molar-refractivity contribution in [2.24, 2.45) is 0 Å². The van der Waals surface area contributed by atoms with Crippen molar-refractivity contribution in [1.29, 1.82) is 0 Å². The molecule has 2 aromatic carbocycles. The zero-order valence-electron chi connectivity index (χ0n) is 17.3. The summed E-state index contributed by atoms with van der Waals surface area (Å²) in [5, 5.41) is 0. The monoisotopic (exact) mass is 388 g/mol. The van der Waals surface area contributed by atoms with Gasteiger partial charge >= 0.3 is 8.60 Å². The van der Waals surface area contributed by atoms with Crippen LogP contribution in [0.5, 0.6) is 0 Å². The van der Waals surface area contributed by atoms with Gasteiger partial charge in [-0.05, 0) is 56.4 Å². The van der Waals surface area contributed by atoms with E-state index < -0.39 is 8.60 Å². The molecule has 2 rings (SSSR count). The summed E-state index contributed by atoms with van der Waals surface area (Å²) in [6, 6.07) is 12.7. The molecule has 0 aliphatic rings. The molecule has 0 aliphatic heterocycles. The topological polar surface area (TPSA) is 38.7 Å². The van der Waals surface area contributed by atoms with Crippen LogP contribution in [-0.4, -0.2) is 11.5 Å². The van der Waals surface area contributed by atoms with E-state index in [-0.39, 0.29) is 6.10 Å². The fourth-order valence-electron chi connectivity index (χ4n) is 3.31. The van der Waals surface area contributed by atoms with Gasteiger partial charge in [0.25, 0.3) is 0 Å². The van der Waals surface area contributed by atoms with E-state index in [0.717, 1.165) is 35.1 Å². The molecule has 0 saturated heterocycles. The Morgan fingerprint density at radius 3 is 1.89 bits per heavy atom. The van der Waals surface area contributed by atoms with E-state index in [2.05, 4.69) is 71.0 Å². The highest BCUT2D eigenvalue weighted by Gasteiger charge is 2.23. The Morgan fingerprint density at radius 2 is 1.41 bits per heavy atom. The lowest BCUT2D eigenvalue weighted by atomic mass is 9.93. The summed E-state index contributed by atoms with van der Waals surface area (Å²) in [4.78, 5) is 10.4. The van der Waals surface area contributed by atoms with Crippen molar-refractivity contribution < 1.29 is 13.9 Å². The lowest BCUT2D eigenvalue weighted by molar-refractivity contribution is 0.164. The Labute approximate surface area is 165 Å². The van der Waals surface area contributed by atoms with E-state index in [9.17, 15) is 4.89 Å². The quantitative estimate of drug-likeness (QED) is 0.358. The van der Waals surface area contributed by atoms with Crippen LogP contribution in [-0.2, 0) is 9.05 Å². The van der Waals surface area contributed by atoms with Crippen molar-refractivity contribution in [3.63, 3.8) is 0 Å². The molecule has 1 atom stereocenters. The summed E-state index contributed by atoms with van der Waals surface area (Å²) in [5.41, 5.74) is 6.90. The highest BCUT2D eigenvalue weighted by atomic mass is 31.2. The van der Waals surface area contributed by atoms with Crippen LogP contribution < -0.4 is 0 Å². The summed E-state index contributed by atoms with van der Waals surface area (Å²) in [7, 11) is -1.93. The molecule has 148 valence electrons. The van der Waals surface area contributed by atoms with Gasteiger partial charge in [-0.2, -0.15) is 0 Å². The molecule has 0 bridgehead atoms. The van der Waals surface area contributed by atoms with Gasteiger partial charge in [-0.25, -0.2) is 0 Å². The summed E-state index contributed by atoms with van der Waals surface area (Å²) in [6.45, 7) is 11.1. The molecule has 0 aliphatic carbocycles. The highest BCUT2D eigenvalue weighted by molar-refractivity contribution is 7.40. The number of aryl methyl sites for hydroxylation is 4. The first-order valence-corrected chi connectivity index (χ1v) is 11.0. The molecule has 0 spiro atoms. The normalized spacial score (nSPS) is 12.6. The summed E-state index contributed by atoms with van der Waals surface area (Å²) < 4.78 is 11.7. The van der Waals surface area contributed by atoms with Gasteiger partial charge in [0.15, 0.2) is 0 Å². The van der Waals surface area contributed by atoms with Crippen LogP contribution in [0, 0.1) is 27.7 Å². The third kappa shape index (κ3) is 6.69. The fraction of sp³-hybridized carbons (Fsp3) is 0.478. The average molecular weight is 388 g/mol. The van der Waals surface area contributed by atoms with Crippen molar-refractivity contribution in [2.75, 3.05) is 6.61 Å². The van der Waals surface area contributed by atoms with E-state index in [0.29, 0.717) is 6.61 Å². The Hall–Kier alpha value is -1.25. The number of rotatable bonds is 10. The van der Waals surface area contributed by atoms with Crippen molar-refractivity contribution in [3.05, 3.63) is 69.8 Å². The van der Waals surface area contributed by atoms with Gasteiger partial charge in [0, 0.05) is 0 Å². The molecule has 0 aromatic heterocycles. The minimum absolute atomic E-state index is 0.335. The van der Waals surface area contributed by atoms with Crippen LogP contribution in [0.3, 0.4) is 0 Å². The van der Waals surface area contributed by atoms with Gasteiger partial charge in [0.1, 0.15) is 6.10 Å². The lowest BCUT2D eigenvalue weighted by Gasteiger charge is -2.24. The molecule has 0 amide bonds. The smallest absolute Gasteiger partial charge is 0.328 e. The second-order valence-electron chi connectivity index (χ2n) is 7.34. The van der Waals surface area contributed by atoms with Crippen molar-refractivity contribution >= 4 is 8.60 Å². The van der Waals surface area contributed by atoms with Gasteiger partial charge in [-0.1, -0.05) is 73.7 Å². The predicted octanol–water partition coefficient (Wildman–Crippen LogP) is 6.84. The zero-order valence-corrected chi connectivity index (χ0v) is 18.2. The highest BCUT2D eigenvalue weighted by Crippen LogP contribution is 2.44. The van der Waals surface area contributed by atoms with E-state index in [1.807, 2.05) is 0 Å². The lowest BCUT2D eigenvalue weighted by Crippen LogP contribution is -2.09. The van der Waals surface area contributed by atoms with Gasteiger partial charge in [-0.3, -0.25) is 4.52 Å². The van der Waals surface area contributed by atoms with Gasteiger partial charge < -0.3 is 9.42 Å². The molecule has 0 radical (unpaired) electrons. The van der Waals surface area contributed by atoms with E-state index in [4.69, 9.17) is 9.05 Å². The minimum atomic E-state index is -1.93. The molecular formula is C23H33O3P. The third-order valence-electron chi connectivity index (χ3n) is 4.81. The molecule has 27 heavy (non-hydrogen) atoms. The SMILES string of the molecule is CCCCCCOP(O)OC(c1ccc(C)cc1C)c1ccc(C)cc1C. The van der Waals surface area contributed by atoms with Crippen LogP contribution in [0.2, 0.25) is 0 Å². The average Bonchev–Trinajstić information content (AvgIpc) is 2.60. The minimum Gasteiger partial charge on any atom is -0.328 e. The van der Waals surface area contributed by atoms with Gasteiger partial charge in [0.05, 0.1) is 6.61 Å². The maximum atomic E-state index is 10.4. The predicted molar refractivity (Wildman–Crippen MR) is 114 cm³/mol. The molecule has 0 saturated carbocycles. The number of unbranched alkanes of at least 4 members (excludes halogenated alkanes) is 3. The molecule has 1 unspecified atom stereocenters. The molecule has 0 heterocycles. The molecule has 3 nitrogen and oxygen atoms in total. The van der Waals surface area contributed by atoms with Crippen LogP contribution in [0.4, 0.5) is 0 Å². The fourth-order valence-corrected chi connectivity index (χ4v) is 4.07. The summed E-state index contributed by atoms with van der Waals surface area (Å²) in [6.07, 6.45) is 4.12. The largest absolute Gasteiger partial charge is 0.330 e. The van der Waals surface area contributed by atoms with Crippen LogP contribution in [0.1, 0.15) is 72.1 Å². The van der Waals surface area contributed by atoms with Crippen LogP contribution >= 0.6 is 8.60 Å². The van der Waals surface area contributed by atoms with Crippen LogP contribution in [0.25, 0.3) is 0 Å². The first-order chi connectivity index (χ1) is 12.9. The molecule has 2 aromatic rings. The van der Waals surface area contributed by atoms with Crippen molar-refractivity contribution in [3.8, 4) is 0 Å². The Balaban J connectivity index is 2.19. The maximum Gasteiger partial charge on any atom is 0.330 e. The first-order valence-electron chi connectivity index (χ1n) is 9.85. The molecule has 0 fully saturated rings. The number of benzene rings is 2. The van der Waals surface area contributed by atoms with E-state index in [1.165, 1.54) is 24.0 Å². The van der Waals surface area contributed by atoms with Crippen LogP contribution in [0.15, 0.2) is 36.4 Å². The van der Waals surface area contributed by atoms with Crippen molar-refractivity contribution in [1.82, 2.24) is 0 Å². The Morgan fingerprint density at radius 1 is 0.852 bits per heavy atom. The second kappa shape index (κ2) is 10.9. The second-order valence-corrected chi connectivity index (χ2v) is 8.28. The van der Waals surface area contributed by atoms with Gasteiger partial charge in [-0.15, -0.1) is 0 Å². The Kier molecular flexibility index (Phi) is 8.92.